The van der Waals surface area contributed by atoms with Crippen LogP contribution in [0.4, 0.5) is 0 Å². The van der Waals surface area contributed by atoms with Gasteiger partial charge in [0.2, 0.25) is 0 Å². The van der Waals surface area contributed by atoms with Gasteiger partial charge in [-0.1, -0.05) is 68.4 Å². The zero-order valence-electron chi connectivity index (χ0n) is 27.2. The minimum absolute atomic E-state index is 0. The quantitative estimate of drug-likeness (QED) is 0.163. The van der Waals surface area contributed by atoms with Gasteiger partial charge in [-0.3, -0.25) is 4.68 Å². The number of aromatic nitrogens is 3. The molecule has 0 aliphatic carbocycles. The molecule has 0 fully saturated rings. The molecule has 0 saturated carbocycles. The molecule has 5 aromatic carbocycles. The summed E-state index contributed by atoms with van der Waals surface area (Å²) in [4.78, 5) is 0. The van der Waals surface area contributed by atoms with Crippen LogP contribution in [-0.2, 0) is 26.5 Å². The van der Waals surface area contributed by atoms with Crippen molar-refractivity contribution in [3.63, 3.8) is 0 Å². The predicted octanol–water partition coefficient (Wildman–Crippen LogP) is 10.4. The molecule has 2 heterocycles. The Bertz CT molecular complexity index is 2210. The van der Waals surface area contributed by atoms with Gasteiger partial charge in [-0.2, -0.15) is 41.0 Å². The molecule has 46 heavy (non-hydrogen) atoms. The molecule has 4 nitrogen and oxygen atoms in total. The topological polar surface area (TPSA) is 32.0 Å². The Morgan fingerprint density at radius 2 is 1.41 bits per heavy atom. The first-order valence-corrected chi connectivity index (χ1v) is 15.4. The van der Waals surface area contributed by atoms with Crippen LogP contribution in [0.5, 0.6) is 11.5 Å². The maximum absolute atomic E-state index is 6.44. The van der Waals surface area contributed by atoms with E-state index in [4.69, 9.17) is 9.84 Å². The van der Waals surface area contributed by atoms with Crippen LogP contribution in [0.2, 0.25) is 0 Å². The van der Waals surface area contributed by atoms with Crippen molar-refractivity contribution < 1.29 is 25.8 Å². The van der Waals surface area contributed by atoms with Crippen molar-refractivity contribution in [2.45, 2.75) is 53.9 Å². The van der Waals surface area contributed by atoms with Crippen molar-refractivity contribution in [3.8, 4) is 34.0 Å². The number of nitrogens with zero attached hydrogens (tertiary/aromatic N) is 3. The summed E-state index contributed by atoms with van der Waals surface area (Å²) in [7, 11) is 0. The third-order valence-electron chi connectivity index (χ3n) is 8.67. The largest absolute Gasteiger partial charge is 0.509 e. The molecule has 0 aliphatic rings. The number of para-hydroxylation sites is 1. The number of hydrogen-bond donors (Lipinski definition) is 0. The average molecular weight is 782 g/mol. The van der Waals surface area contributed by atoms with Crippen molar-refractivity contribution in [1.82, 2.24) is 14.3 Å². The molecular weight excluding hydrogens is 746 g/mol. The Morgan fingerprint density at radius 3 is 2.17 bits per heavy atom. The first-order valence-electron chi connectivity index (χ1n) is 15.4. The molecule has 0 aliphatic heterocycles. The second kappa shape index (κ2) is 12.1. The molecule has 0 N–H and O–H groups in total. The molecule has 0 atom stereocenters. The molecule has 234 valence electrons. The van der Waals surface area contributed by atoms with Crippen LogP contribution >= 0.6 is 0 Å². The normalized spacial score (nSPS) is 11.6. The van der Waals surface area contributed by atoms with E-state index < -0.39 is 0 Å². The van der Waals surface area contributed by atoms with E-state index in [2.05, 4.69) is 132 Å². The Hall–Kier alpha value is -4.40. The second-order valence-electron chi connectivity index (χ2n) is 12.9. The predicted molar refractivity (Wildman–Crippen MR) is 184 cm³/mol. The van der Waals surface area contributed by atoms with E-state index in [0.29, 0.717) is 11.5 Å². The number of benzene rings is 5. The Balaban J connectivity index is 0.00000372. The van der Waals surface area contributed by atoms with Crippen LogP contribution in [0.15, 0.2) is 91.0 Å². The van der Waals surface area contributed by atoms with Gasteiger partial charge in [0, 0.05) is 49.3 Å². The number of aryl methyl sites for hydroxylation is 3. The zero-order valence-corrected chi connectivity index (χ0v) is 29.5. The van der Waals surface area contributed by atoms with Crippen LogP contribution in [-0.4, -0.2) is 14.3 Å². The molecule has 2 aromatic heterocycles. The first kappa shape index (κ1) is 31.6. The standard InChI is InChI=1S/C41H36N3O.Pt/c1-26-13-10-14-27(2)39(26)40-28(3)42-44(29(40)4)32-17-12-18-33(24-32)45-34-21-22-36-35-19-8-9-20-37(35)43(38(36)25-34)31-16-11-15-30(23-31)41(5,6)7;/h8-15,17-23H,1-7H3;/q-3;. The maximum atomic E-state index is 6.44. The molecule has 0 saturated heterocycles. The minimum Gasteiger partial charge on any atom is -0.509 e. The molecule has 7 rings (SSSR count). The molecule has 5 heteroatoms. The van der Waals surface area contributed by atoms with Gasteiger partial charge in [-0.25, -0.2) is 0 Å². The smallest absolute Gasteiger partial charge is 0.0678 e. The van der Waals surface area contributed by atoms with Gasteiger partial charge < -0.3 is 9.30 Å². The summed E-state index contributed by atoms with van der Waals surface area (Å²) in [5, 5.41) is 7.22. The summed E-state index contributed by atoms with van der Waals surface area (Å²) in [6.45, 7) is 15.2. The van der Waals surface area contributed by atoms with E-state index >= 15 is 0 Å². The fourth-order valence-corrected chi connectivity index (χ4v) is 6.42. The Morgan fingerprint density at radius 1 is 0.696 bits per heavy atom. The van der Waals surface area contributed by atoms with E-state index in [-0.39, 0.29) is 26.5 Å². The van der Waals surface area contributed by atoms with Gasteiger partial charge in [-0.15, -0.1) is 41.8 Å². The van der Waals surface area contributed by atoms with E-state index in [1.807, 2.05) is 35.0 Å². The van der Waals surface area contributed by atoms with Crippen molar-refractivity contribution in [3.05, 3.63) is 137 Å². The number of rotatable bonds is 5. The molecule has 0 amide bonds. The van der Waals surface area contributed by atoms with Gasteiger partial charge in [0.25, 0.3) is 0 Å². The van der Waals surface area contributed by atoms with Gasteiger partial charge in [0.15, 0.2) is 0 Å². The van der Waals surface area contributed by atoms with Crippen LogP contribution in [0, 0.1) is 45.9 Å². The van der Waals surface area contributed by atoms with Crippen LogP contribution in [0.25, 0.3) is 44.3 Å². The molecule has 7 aromatic rings. The summed E-state index contributed by atoms with van der Waals surface area (Å²) in [6, 6.07) is 41.8. The van der Waals surface area contributed by atoms with Crippen molar-refractivity contribution in [2.24, 2.45) is 0 Å². The van der Waals surface area contributed by atoms with Crippen LogP contribution in [0.3, 0.4) is 0 Å². The molecule has 0 spiro atoms. The second-order valence-corrected chi connectivity index (χ2v) is 12.9. The first-order chi connectivity index (χ1) is 21.6. The zero-order chi connectivity index (χ0) is 31.5. The van der Waals surface area contributed by atoms with Gasteiger partial charge in [0.05, 0.1) is 5.69 Å². The molecular formula is C41H36N3OPt-3. The molecule has 0 radical (unpaired) electrons. The summed E-state index contributed by atoms with van der Waals surface area (Å²) in [5.74, 6) is 1.23. The van der Waals surface area contributed by atoms with Crippen molar-refractivity contribution in [1.29, 1.82) is 0 Å². The van der Waals surface area contributed by atoms with Crippen molar-refractivity contribution in [2.75, 3.05) is 0 Å². The summed E-state index contributed by atoms with van der Waals surface area (Å²) < 4.78 is 10.6. The average Bonchev–Trinajstić information content (AvgIpc) is 3.50. The number of ether oxygens (including phenoxy) is 1. The van der Waals surface area contributed by atoms with Crippen molar-refractivity contribution >= 4 is 21.8 Å². The van der Waals surface area contributed by atoms with E-state index in [9.17, 15) is 0 Å². The Kier molecular flexibility index (Phi) is 8.29. The minimum atomic E-state index is 0. The van der Waals surface area contributed by atoms with E-state index in [0.717, 1.165) is 39.2 Å². The Labute approximate surface area is 285 Å². The summed E-state index contributed by atoms with van der Waals surface area (Å²) >= 11 is 0. The van der Waals surface area contributed by atoms with E-state index in [1.54, 1.807) is 0 Å². The number of fused-ring (bicyclic) bond motifs is 3. The van der Waals surface area contributed by atoms with Gasteiger partial charge in [0.1, 0.15) is 0 Å². The summed E-state index contributed by atoms with van der Waals surface area (Å²) in [5.41, 5.74) is 12.1. The third-order valence-corrected chi connectivity index (χ3v) is 8.67. The van der Waals surface area contributed by atoms with E-state index in [1.165, 1.54) is 33.2 Å². The number of hydrogen-bond acceptors (Lipinski definition) is 2. The fraction of sp³-hybridized carbons (Fsp3) is 0.195. The molecule has 0 bridgehead atoms. The fourth-order valence-electron chi connectivity index (χ4n) is 6.42. The molecule has 0 unspecified atom stereocenters. The van der Waals surface area contributed by atoms with Gasteiger partial charge >= 0.3 is 0 Å². The van der Waals surface area contributed by atoms with Gasteiger partial charge in [-0.05, 0) is 66.9 Å². The SMILES string of the molecule is Cc1cccc(C)c1-c1c(C)nn(-c2[c-]c(Oc3[c-]c4c(cc3)c3ccccc3n4-c3[c-]ccc(C(C)(C)C)c3)ccc2)c1C.[Pt]. The van der Waals surface area contributed by atoms with Crippen LogP contribution < -0.4 is 4.74 Å². The third kappa shape index (κ3) is 5.50. The monoisotopic (exact) mass is 781 g/mol. The summed E-state index contributed by atoms with van der Waals surface area (Å²) in [6.07, 6.45) is 0. The maximum Gasteiger partial charge on any atom is 0.0678 e. The van der Waals surface area contributed by atoms with Crippen LogP contribution in [0.1, 0.15) is 48.8 Å².